The number of aliphatic imine (C=N–C) groups is 1. The number of rotatable bonds is 5. The zero-order valence-corrected chi connectivity index (χ0v) is 17.6. The fraction of sp³-hybridized carbons (Fsp3) is 0.238. The van der Waals surface area contributed by atoms with Crippen LogP contribution in [-0.4, -0.2) is 45.2 Å². The van der Waals surface area contributed by atoms with Crippen LogP contribution in [-0.2, 0) is 9.59 Å². The standard InChI is InChI=1S/C21H18ClN3O4S/c1-29-15-8-4-13(5-9-15)17-10-16(12-2-6-14(22)7-3-12)24-25(17)21-23-20(28)18(30-21)11-19(26)27/h2-9,17-18H,10-11H2,1H3,(H,26,27). The summed E-state index contributed by atoms with van der Waals surface area (Å²) >= 11 is 7.15. The molecule has 154 valence electrons. The highest BCUT2D eigenvalue weighted by Gasteiger charge is 2.39. The molecule has 0 aliphatic carbocycles. The average molecular weight is 444 g/mol. The molecule has 4 rings (SSSR count). The van der Waals surface area contributed by atoms with E-state index >= 15 is 0 Å². The van der Waals surface area contributed by atoms with Crippen LogP contribution in [0.15, 0.2) is 58.6 Å². The number of ether oxygens (including phenoxy) is 1. The van der Waals surface area contributed by atoms with Crippen LogP contribution >= 0.6 is 23.4 Å². The summed E-state index contributed by atoms with van der Waals surface area (Å²) in [7, 11) is 1.61. The molecular formula is C21H18ClN3O4S. The molecule has 2 atom stereocenters. The Kier molecular flexibility index (Phi) is 5.78. The van der Waals surface area contributed by atoms with Gasteiger partial charge >= 0.3 is 5.97 Å². The van der Waals surface area contributed by atoms with Crippen LogP contribution in [0.25, 0.3) is 0 Å². The molecule has 0 aromatic heterocycles. The molecule has 0 saturated heterocycles. The van der Waals surface area contributed by atoms with Gasteiger partial charge in [-0.1, -0.05) is 47.6 Å². The normalized spacial score (nSPS) is 20.9. The maximum atomic E-state index is 12.2. The zero-order valence-electron chi connectivity index (χ0n) is 16.0. The van der Waals surface area contributed by atoms with Crippen LogP contribution in [0, 0.1) is 0 Å². The van der Waals surface area contributed by atoms with Crippen molar-refractivity contribution < 1.29 is 19.4 Å². The minimum atomic E-state index is -1.03. The number of carbonyl (C=O) groups excluding carboxylic acids is 1. The summed E-state index contributed by atoms with van der Waals surface area (Å²) in [5.41, 5.74) is 2.75. The molecule has 30 heavy (non-hydrogen) atoms. The van der Waals surface area contributed by atoms with Crippen LogP contribution in [0.2, 0.25) is 5.02 Å². The largest absolute Gasteiger partial charge is 0.497 e. The molecule has 2 aliphatic rings. The molecule has 0 saturated carbocycles. The third-order valence-electron chi connectivity index (χ3n) is 4.87. The van der Waals surface area contributed by atoms with E-state index in [1.54, 1.807) is 24.3 Å². The van der Waals surface area contributed by atoms with Crippen molar-refractivity contribution in [2.45, 2.75) is 24.1 Å². The van der Waals surface area contributed by atoms with Gasteiger partial charge in [0.15, 0.2) is 5.17 Å². The summed E-state index contributed by atoms with van der Waals surface area (Å²) in [5, 5.41) is 15.8. The van der Waals surface area contributed by atoms with E-state index in [9.17, 15) is 9.59 Å². The molecule has 1 N–H and O–H groups in total. The Balaban J connectivity index is 1.66. The number of methoxy groups -OCH3 is 1. The second-order valence-corrected chi connectivity index (χ2v) is 8.43. The Morgan fingerprint density at radius 2 is 1.93 bits per heavy atom. The summed E-state index contributed by atoms with van der Waals surface area (Å²) in [4.78, 5) is 27.4. The van der Waals surface area contributed by atoms with E-state index < -0.39 is 17.1 Å². The maximum Gasteiger partial charge on any atom is 0.305 e. The molecule has 0 spiro atoms. The lowest BCUT2D eigenvalue weighted by Crippen LogP contribution is -2.24. The van der Waals surface area contributed by atoms with Gasteiger partial charge in [-0.05, 0) is 35.4 Å². The van der Waals surface area contributed by atoms with E-state index in [2.05, 4.69) is 4.99 Å². The Hall–Kier alpha value is -2.84. The fourth-order valence-corrected chi connectivity index (χ4v) is 4.53. The molecule has 1 amide bonds. The summed E-state index contributed by atoms with van der Waals surface area (Å²) in [5.74, 6) is -0.733. The van der Waals surface area contributed by atoms with E-state index in [4.69, 9.17) is 26.5 Å². The zero-order chi connectivity index (χ0) is 21.3. The summed E-state index contributed by atoms with van der Waals surface area (Å²) in [6.07, 6.45) is 0.330. The topological polar surface area (TPSA) is 91.6 Å². The number of hydrogen-bond acceptors (Lipinski definition) is 6. The van der Waals surface area contributed by atoms with E-state index in [1.807, 2.05) is 36.4 Å². The second kappa shape index (κ2) is 8.49. The summed E-state index contributed by atoms with van der Waals surface area (Å²) < 4.78 is 5.24. The summed E-state index contributed by atoms with van der Waals surface area (Å²) in [6, 6.07) is 14.9. The minimum Gasteiger partial charge on any atom is -0.497 e. The number of hydrogen-bond donors (Lipinski definition) is 1. The number of amides is 1. The number of amidine groups is 1. The smallest absolute Gasteiger partial charge is 0.305 e. The van der Waals surface area contributed by atoms with Gasteiger partial charge in [-0.25, -0.2) is 5.01 Å². The number of halogens is 1. The highest BCUT2D eigenvalue weighted by Crippen LogP contribution is 2.39. The number of carbonyl (C=O) groups is 2. The summed E-state index contributed by atoms with van der Waals surface area (Å²) in [6.45, 7) is 0. The van der Waals surface area contributed by atoms with Crippen molar-refractivity contribution >= 4 is 46.1 Å². The monoisotopic (exact) mass is 443 g/mol. The molecule has 0 radical (unpaired) electrons. The number of thioether (sulfide) groups is 1. The number of nitrogens with zero attached hydrogens (tertiary/aromatic N) is 3. The van der Waals surface area contributed by atoms with Crippen molar-refractivity contribution in [1.82, 2.24) is 5.01 Å². The van der Waals surface area contributed by atoms with E-state index in [1.165, 1.54) is 0 Å². The molecule has 7 nitrogen and oxygen atoms in total. The lowest BCUT2D eigenvalue weighted by atomic mass is 9.98. The third-order valence-corrected chi connectivity index (χ3v) is 6.27. The maximum absolute atomic E-state index is 12.2. The number of hydrazone groups is 1. The molecule has 2 aliphatic heterocycles. The first-order chi connectivity index (χ1) is 14.4. The average Bonchev–Trinajstić information content (AvgIpc) is 3.32. The van der Waals surface area contributed by atoms with Crippen LogP contribution in [0.3, 0.4) is 0 Å². The van der Waals surface area contributed by atoms with Crippen molar-refractivity contribution in [3.8, 4) is 5.75 Å². The fourth-order valence-electron chi connectivity index (χ4n) is 3.35. The second-order valence-electron chi connectivity index (χ2n) is 6.83. The highest BCUT2D eigenvalue weighted by atomic mass is 35.5. The lowest BCUT2D eigenvalue weighted by Gasteiger charge is -2.23. The molecular weight excluding hydrogens is 426 g/mol. The molecule has 2 aromatic rings. The Bertz CT molecular complexity index is 1040. The van der Waals surface area contributed by atoms with Gasteiger partial charge < -0.3 is 9.84 Å². The Morgan fingerprint density at radius 3 is 2.57 bits per heavy atom. The number of aliphatic carboxylic acids is 1. The van der Waals surface area contributed by atoms with Crippen molar-refractivity contribution in [1.29, 1.82) is 0 Å². The Morgan fingerprint density at radius 1 is 1.23 bits per heavy atom. The number of carboxylic acids is 1. The molecule has 2 aromatic carbocycles. The molecule has 9 heteroatoms. The van der Waals surface area contributed by atoms with Crippen LogP contribution < -0.4 is 4.74 Å². The van der Waals surface area contributed by atoms with Gasteiger partial charge in [-0.15, -0.1) is 0 Å². The first kappa shape index (κ1) is 20.4. The molecule has 2 unspecified atom stereocenters. The SMILES string of the molecule is COc1ccc(C2CC(c3ccc(Cl)cc3)=NN2C2=NC(=O)C(CC(=O)O)S2)cc1. The first-order valence-corrected chi connectivity index (χ1v) is 10.5. The lowest BCUT2D eigenvalue weighted by molar-refractivity contribution is -0.138. The molecule has 0 fully saturated rings. The predicted molar refractivity (Wildman–Crippen MR) is 116 cm³/mol. The van der Waals surface area contributed by atoms with Gasteiger partial charge in [0.05, 0.1) is 25.3 Å². The minimum absolute atomic E-state index is 0.177. The van der Waals surface area contributed by atoms with Gasteiger partial charge in [-0.2, -0.15) is 10.1 Å². The third kappa shape index (κ3) is 4.20. The van der Waals surface area contributed by atoms with Crippen molar-refractivity contribution in [3.05, 3.63) is 64.7 Å². The van der Waals surface area contributed by atoms with Crippen molar-refractivity contribution in [3.63, 3.8) is 0 Å². The van der Waals surface area contributed by atoms with E-state index in [0.29, 0.717) is 16.6 Å². The van der Waals surface area contributed by atoms with Gasteiger partial charge in [0.2, 0.25) is 0 Å². The van der Waals surface area contributed by atoms with Gasteiger partial charge in [0.25, 0.3) is 5.91 Å². The Labute approximate surface area is 182 Å². The quantitative estimate of drug-likeness (QED) is 0.751. The van der Waals surface area contributed by atoms with Gasteiger partial charge in [-0.3, -0.25) is 9.59 Å². The van der Waals surface area contributed by atoms with Gasteiger partial charge in [0.1, 0.15) is 11.0 Å². The van der Waals surface area contributed by atoms with E-state index in [-0.39, 0.29) is 12.5 Å². The molecule has 0 bridgehead atoms. The predicted octanol–water partition coefficient (Wildman–Crippen LogP) is 3.97. The number of carboxylic acid groups (broad SMARTS) is 1. The number of benzene rings is 2. The first-order valence-electron chi connectivity index (χ1n) is 9.22. The van der Waals surface area contributed by atoms with E-state index in [0.717, 1.165) is 34.3 Å². The van der Waals surface area contributed by atoms with Crippen LogP contribution in [0.4, 0.5) is 0 Å². The van der Waals surface area contributed by atoms with Crippen LogP contribution in [0.1, 0.15) is 30.0 Å². The van der Waals surface area contributed by atoms with Crippen molar-refractivity contribution in [2.75, 3.05) is 7.11 Å². The van der Waals surface area contributed by atoms with Gasteiger partial charge in [0, 0.05) is 11.4 Å². The highest BCUT2D eigenvalue weighted by molar-refractivity contribution is 8.15. The molecule has 2 heterocycles. The van der Waals surface area contributed by atoms with Crippen molar-refractivity contribution in [2.24, 2.45) is 10.1 Å². The van der Waals surface area contributed by atoms with Crippen LogP contribution in [0.5, 0.6) is 5.75 Å².